The average molecular weight is 555 g/mol. The first-order chi connectivity index (χ1) is 17.7. The molecule has 0 aromatic heterocycles. The van der Waals surface area contributed by atoms with Crippen molar-refractivity contribution in [2.75, 3.05) is 32.7 Å². The molecule has 1 aliphatic rings. The lowest BCUT2D eigenvalue weighted by Crippen LogP contribution is -2.52. The van der Waals surface area contributed by atoms with E-state index < -0.39 is 36.5 Å². The standard InChI is InChI=1S/C25H38N6O6.ClH/c1-2-3-11-30(16-22(33)34)23(35)20(29-25(36)37-17-18-8-5-4-6-9-18)13-21(32)28-14-19-10-7-12-31(15-19)24(26)27;/h4-6,8-9,19-20H,2-3,7,10-17H2,1H3,(H3,26,27)(H,28,32)(H,29,36)(H,33,34);1H/t19-,20-;/m0./s1. The van der Waals surface area contributed by atoms with Gasteiger partial charge in [0.2, 0.25) is 11.8 Å². The monoisotopic (exact) mass is 554 g/mol. The smallest absolute Gasteiger partial charge is 0.408 e. The van der Waals surface area contributed by atoms with Crippen LogP contribution in [-0.2, 0) is 25.7 Å². The van der Waals surface area contributed by atoms with Gasteiger partial charge in [-0.3, -0.25) is 19.8 Å². The summed E-state index contributed by atoms with van der Waals surface area (Å²) < 4.78 is 5.22. The van der Waals surface area contributed by atoms with Gasteiger partial charge in [-0.2, -0.15) is 0 Å². The normalized spacial score (nSPS) is 15.4. The Kier molecular flexibility index (Phi) is 14.6. The number of carbonyl (C=O) groups excluding carboxylic acids is 3. The van der Waals surface area contributed by atoms with Crippen LogP contribution in [0.2, 0.25) is 0 Å². The Balaban J connectivity index is 0.00000722. The van der Waals surface area contributed by atoms with Gasteiger partial charge in [-0.15, -0.1) is 12.4 Å². The number of rotatable bonds is 13. The molecule has 12 nitrogen and oxygen atoms in total. The summed E-state index contributed by atoms with van der Waals surface area (Å²) in [6.07, 6.45) is 1.76. The van der Waals surface area contributed by atoms with Crippen molar-refractivity contribution in [1.29, 1.82) is 5.41 Å². The van der Waals surface area contributed by atoms with E-state index in [2.05, 4.69) is 10.6 Å². The zero-order valence-electron chi connectivity index (χ0n) is 21.7. The topological polar surface area (TPSA) is 178 Å². The fourth-order valence-corrected chi connectivity index (χ4v) is 4.07. The fourth-order valence-electron chi connectivity index (χ4n) is 4.07. The van der Waals surface area contributed by atoms with E-state index in [-0.39, 0.29) is 43.9 Å². The highest BCUT2D eigenvalue weighted by atomic mass is 35.5. The first-order valence-electron chi connectivity index (χ1n) is 12.5. The second kappa shape index (κ2) is 17.1. The van der Waals surface area contributed by atoms with E-state index in [0.717, 1.165) is 29.7 Å². The second-order valence-electron chi connectivity index (χ2n) is 9.11. The number of unbranched alkanes of at least 4 members (excludes halogenated alkanes) is 1. The molecule has 2 atom stereocenters. The largest absolute Gasteiger partial charge is 0.480 e. The summed E-state index contributed by atoms with van der Waals surface area (Å²) in [5.41, 5.74) is 6.33. The van der Waals surface area contributed by atoms with Crippen LogP contribution < -0.4 is 16.4 Å². The van der Waals surface area contributed by atoms with Gasteiger partial charge in [-0.05, 0) is 30.7 Å². The molecule has 0 radical (unpaired) electrons. The van der Waals surface area contributed by atoms with Gasteiger partial charge in [-0.1, -0.05) is 43.7 Å². The Bertz CT molecular complexity index is 934. The molecule has 1 aromatic carbocycles. The summed E-state index contributed by atoms with van der Waals surface area (Å²) in [6, 6.07) is 7.69. The summed E-state index contributed by atoms with van der Waals surface area (Å²) in [7, 11) is 0. The molecule has 1 saturated heterocycles. The summed E-state index contributed by atoms with van der Waals surface area (Å²) in [6.45, 7) is 3.10. The highest BCUT2D eigenvalue weighted by molar-refractivity contribution is 5.92. The minimum Gasteiger partial charge on any atom is -0.480 e. The van der Waals surface area contributed by atoms with E-state index in [1.54, 1.807) is 29.2 Å². The van der Waals surface area contributed by atoms with Crippen LogP contribution in [0, 0.1) is 11.3 Å². The number of nitrogens with zero attached hydrogens (tertiary/aromatic N) is 2. The van der Waals surface area contributed by atoms with Crippen LogP contribution in [0.5, 0.6) is 0 Å². The molecule has 13 heteroatoms. The molecule has 38 heavy (non-hydrogen) atoms. The van der Waals surface area contributed by atoms with Crippen LogP contribution in [0.3, 0.4) is 0 Å². The Hall–Kier alpha value is -3.54. The third kappa shape index (κ3) is 11.7. The molecule has 6 N–H and O–H groups in total. The van der Waals surface area contributed by atoms with Crippen molar-refractivity contribution < 1.29 is 29.0 Å². The number of hydrogen-bond acceptors (Lipinski definition) is 6. The van der Waals surface area contributed by atoms with Gasteiger partial charge in [0.05, 0.1) is 6.42 Å². The van der Waals surface area contributed by atoms with E-state index in [9.17, 15) is 24.3 Å². The molecule has 0 unspecified atom stereocenters. The molecule has 212 valence electrons. The van der Waals surface area contributed by atoms with Gasteiger partial charge in [0.15, 0.2) is 5.96 Å². The van der Waals surface area contributed by atoms with Crippen molar-refractivity contribution >= 4 is 42.2 Å². The lowest BCUT2D eigenvalue weighted by molar-refractivity contribution is -0.145. The number of nitrogens with one attached hydrogen (secondary N) is 3. The summed E-state index contributed by atoms with van der Waals surface area (Å²) in [4.78, 5) is 52.7. The summed E-state index contributed by atoms with van der Waals surface area (Å²) in [5, 5.41) is 22.1. The van der Waals surface area contributed by atoms with Gasteiger partial charge >= 0.3 is 12.1 Å². The molecule has 3 amide bonds. The molecule has 0 saturated carbocycles. The van der Waals surface area contributed by atoms with Gasteiger partial charge in [0, 0.05) is 26.2 Å². The molecular formula is C25H39ClN6O6. The average Bonchev–Trinajstić information content (AvgIpc) is 2.88. The van der Waals surface area contributed by atoms with Crippen molar-refractivity contribution in [3.8, 4) is 0 Å². The number of carboxylic acid groups (broad SMARTS) is 1. The number of nitrogens with two attached hydrogens (primary N) is 1. The van der Waals surface area contributed by atoms with Crippen LogP contribution in [0.1, 0.15) is 44.6 Å². The highest BCUT2D eigenvalue weighted by Crippen LogP contribution is 2.15. The van der Waals surface area contributed by atoms with E-state index in [0.29, 0.717) is 26.1 Å². The lowest BCUT2D eigenvalue weighted by atomic mass is 9.98. The van der Waals surface area contributed by atoms with Gasteiger partial charge in [-0.25, -0.2) is 4.79 Å². The zero-order valence-corrected chi connectivity index (χ0v) is 22.5. The van der Waals surface area contributed by atoms with Crippen molar-refractivity contribution in [2.24, 2.45) is 11.7 Å². The van der Waals surface area contributed by atoms with Gasteiger partial charge < -0.3 is 36.0 Å². The number of likely N-dealkylation sites (tertiary alicyclic amines) is 1. The molecule has 0 spiro atoms. The van der Waals surface area contributed by atoms with Crippen LogP contribution in [0.15, 0.2) is 30.3 Å². The number of alkyl carbamates (subject to hydrolysis) is 1. The number of guanidine groups is 1. The van der Waals surface area contributed by atoms with E-state index in [1.807, 2.05) is 13.0 Å². The Morgan fingerprint density at radius 2 is 1.97 bits per heavy atom. The number of carboxylic acids is 1. The maximum absolute atomic E-state index is 13.2. The quantitative estimate of drug-likeness (QED) is 0.180. The van der Waals surface area contributed by atoms with Gasteiger partial charge in [0.25, 0.3) is 0 Å². The molecule has 1 fully saturated rings. The third-order valence-corrected chi connectivity index (χ3v) is 6.06. The first kappa shape index (κ1) is 32.5. The van der Waals surface area contributed by atoms with Crippen LogP contribution >= 0.6 is 12.4 Å². The van der Waals surface area contributed by atoms with Crippen molar-refractivity contribution in [1.82, 2.24) is 20.4 Å². The van der Waals surface area contributed by atoms with E-state index in [1.165, 1.54) is 0 Å². The van der Waals surface area contributed by atoms with Crippen molar-refractivity contribution in [2.45, 2.75) is 51.7 Å². The SMILES string of the molecule is CCCCN(CC(=O)O)C(=O)[C@H](CC(=O)NC[C@@H]1CCCN(C(=N)N)C1)NC(=O)OCc1ccccc1.Cl. The Morgan fingerprint density at radius 3 is 2.61 bits per heavy atom. The number of halogens is 1. The maximum atomic E-state index is 13.2. The summed E-state index contributed by atoms with van der Waals surface area (Å²) in [5.74, 6) is -2.24. The Morgan fingerprint density at radius 1 is 1.26 bits per heavy atom. The van der Waals surface area contributed by atoms with Crippen LogP contribution in [-0.4, -0.2) is 83.5 Å². The Labute approximate surface area is 229 Å². The molecular weight excluding hydrogens is 516 g/mol. The predicted octanol–water partition coefficient (Wildman–Crippen LogP) is 1.53. The van der Waals surface area contributed by atoms with Crippen molar-refractivity contribution in [3.63, 3.8) is 0 Å². The van der Waals surface area contributed by atoms with Gasteiger partial charge in [0.1, 0.15) is 19.2 Å². The predicted molar refractivity (Wildman–Crippen MR) is 144 cm³/mol. The van der Waals surface area contributed by atoms with Crippen LogP contribution in [0.4, 0.5) is 4.79 Å². The molecule has 1 aromatic rings. The number of benzene rings is 1. The van der Waals surface area contributed by atoms with Crippen molar-refractivity contribution in [3.05, 3.63) is 35.9 Å². The zero-order chi connectivity index (χ0) is 27.2. The minimum atomic E-state index is -1.29. The molecule has 2 rings (SSSR count). The van der Waals surface area contributed by atoms with E-state index in [4.69, 9.17) is 15.9 Å². The van der Waals surface area contributed by atoms with Crippen LogP contribution in [0.25, 0.3) is 0 Å². The fraction of sp³-hybridized carbons (Fsp3) is 0.560. The lowest BCUT2D eigenvalue weighted by Gasteiger charge is -2.33. The number of hydrogen-bond donors (Lipinski definition) is 5. The molecule has 1 aliphatic heterocycles. The molecule has 1 heterocycles. The molecule has 0 bridgehead atoms. The van der Waals surface area contributed by atoms with E-state index >= 15 is 0 Å². The first-order valence-corrected chi connectivity index (χ1v) is 12.5. The number of piperidine rings is 1. The number of aliphatic carboxylic acids is 1. The number of ether oxygens (including phenoxy) is 1. The highest BCUT2D eigenvalue weighted by Gasteiger charge is 2.30. The number of amides is 3. The second-order valence-corrected chi connectivity index (χ2v) is 9.11. The minimum absolute atomic E-state index is 0. The third-order valence-electron chi connectivity index (χ3n) is 6.06. The molecule has 0 aliphatic carbocycles. The summed E-state index contributed by atoms with van der Waals surface area (Å²) >= 11 is 0. The maximum Gasteiger partial charge on any atom is 0.408 e. The number of carbonyl (C=O) groups is 4.